The lowest BCUT2D eigenvalue weighted by molar-refractivity contribution is -0.138. The Bertz CT molecular complexity index is 329. The highest BCUT2D eigenvalue weighted by Gasteiger charge is 2.46. The first kappa shape index (κ1) is 8.26. The smallest absolute Gasteiger partial charge is 0.335 e. The van der Waals surface area contributed by atoms with E-state index >= 15 is 0 Å². The van der Waals surface area contributed by atoms with E-state index in [1.54, 1.807) is 0 Å². The van der Waals surface area contributed by atoms with Gasteiger partial charge in [-0.25, -0.2) is 4.79 Å². The van der Waals surface area contributed by atoms with Gasteiger partial charge in [-0.1, -0.05) is 29.8 Å². The Hall–Kier alpha value is -1.35. The molecule has 0 saturated carbocycles. The summed E-state index contributed by atoms with van der Waals surface area (Å²) in [7, 11) is 0. The number of benzene rings is 1. The van der Waals surface area contributed by atoms with Crippen molar-refractivity contribution < 1.29 is 14.6 Å². The largest absolute Gasteiger partial charge is 0.479 e. The first-order chi connectivity index (χ1) is 6.18. The highest BCUT2D eigenvalue weighted by molar-refractivity contribution is 5.76. The molecule has 1 saturated heterocycles. The molecule has 0 bridgehead atoms. The van der Waals surface area contributed by atoms with Crippen LogP contribution in [-0.4, -0.2) is 17.2 Å². The maximum atomic E-state index is 10.5. The van der Waals surface area contributed by atoms with Crippen LogP contribution in [0.5, 0.6) is 0 Å². The second kappa shape index (κ2) is 2.85. The first-order valence-corrected chi connectivity index (χ1v) is 4.13. The SMILES string of the molecule is Cc1ccc([C@H]2O[C@H]2C(=O)O)cc1. The van der Waals surface area contributed by atoms with Crippen LogP contribution in [0, 0.1) is 6.92 Å². The lowest BCUT2D eigenvalue weighted by atomic mass is 10.1. The van der Waals surface area contributed by atoms with Crippen molar-refractivity contribution in [3.8, 4) is 0 Å². The molecule has 0 spiro atoms. The number of ether oxygens (including phenoxy) is 1. The van der Waals surface area contributed by atoms with E-state index in [4.69, 9.17) is 9.84 Å². The van der Waals surface area contributed by atoms with Crippen LogP contribution in [0.1, 0.15) is 17.2 Å². The molecule has 0 amide bonds. The van der Waals surface area contributed by atoms with E-state index in [2.05, 4.69) is 0 Å². The van der Waals surface area contributed by atoms with Gasteiger partial charge in [0, 0.05) is 0 Å². The Morgan fingerprint density at radius 3 is 2.46 bits per heavy atom. The fourth-order valence-electron chi connectivity index (χ4n) is 1.31. The average Bonchev–Trinajstić information content (AvgIpc) is 2.85. The summed E-state index contributed by atoms with van der Waals surface area (Å²) in [6.07, 6.45) is -0.874. The number of carboxylic acids is 1. The van der Waals surface area contributed by atoms with Crippen LogP contribution in [0.3, 0.4) is 0 Å². The third kappa shape index (κ3) is 1.55. The molecule has 68 valence electrons. The lowest BCUT2D eigenvalue weighted by Gasteiger charge is -1.95. The zero-order valence-corrected chi connectivity index (χ0v) is 7.23. The van der Waals surface area contributed by atoms with Crippen molar-refractivity contribution in [1.82, 2.24) is 0 Å². The third-order valence-electron chi connectivity index (χ3n) is 2.14. The summed E-state index contributed by atoms with van der Waals surface area (Å²) in [5.74, 6) is -0.884. The summed E-state index contributed by atoms with van der Waals surface area (Å²) < 4.78 is 5.00. The van der Waals surface area contributed by atoms with E-state index in [1.165, 1.54) is 0 Å². The van der Waals surface area contributed by atoms with Gasteiger partial charge in [-0.15, -0.1) is 0 Å². The zero-order valence-electron chi connectivity index (χ0n) is 7.23. The summed E-state index contributed by atoms with van der Waals surface area (Å²) >= 11 is 0. The van der Waals surface area contributed by atoms with E-state index in [0.29, 0.717) is 0 Å². The van der Waals surface area contributed by atoms with E-state index in [0.717, 1.165) is 11.1 Å². The predicted molar refractivity (Wildman–Crippen MR) is 46.4 cm³/mol. The Kier molecular flexibility index (Phi) is 1.81. The monoisotopic (exact) mass is 178 g/mol. The van der Waals surface area contributed by atoms with Gasteiger partial charge in [-0.05, 0) is 12.5 Å². The summed E-state index contributed by atoms with van der Waals surface area (Å²) in [4.78, 5) is 10.5. The summed E-state index contributed by atoms with van der Waals surface area (Å²) in [6.45, 7) is 1.99. The predicted octanol–water partition coefficient (Wildman–Crippen LogP) is 1.52. The van der Waals surface area contributed by atoms with Crippen molar-refractivity contribution in [2.75, 3.05) is 0 Å². The van der Waals surface area contributed by atoms with Crippen molar-refractivity contribution in [2.45, 2.75) is 19.1 Å². The molecule has 1 heterocycles. The van der Waals surface area contributed by atoms with E-state index in [9.17, 15) is 4.79 Å². The Morgan fingerprint density at radius 1 is 1.38 bits per heavy atom. The molecule has 0 unspecified atom stereocenters. The molecular formula is C10H10O3. The molecule has 0 radical (unpaired) electrons. The number of aliphatic carboxylic acids is 1. The van der Waals surface area contributed by atoms with Crippen LogP contribution in [0.4, 0.5) is 0 Å². The van der Waals surface area contributed by atoms with Gasteiger partial charge in [-0.2, -0.15) is 0 Å². The minimum Gasteiger partial charge on any atom is -0.479 e. The first-order valence-electron chi connectivity index (χ1n) is 4.13. The van der Waals surface area contributed by atoms with Gasteiger partial charge in [0.1, 0.15) is 6.10 Å². The van der Waals surface area contributed by atoms with Gasteiger partial charge in [0.2, 0.25) is 0 Å². The fourth-order valence-corrected chi connectivity index (χ4v) is 1.31. The van der Waals surface area contributed by atoms with E-state index < -0.39 is 12.1 Å². The normalized spacial score (nSPS) is 25.6. The highest BCUT2D eigenvalue weighted by Crippen LogP contribution is 2.38. The molecular weight excluding hydrogens is 168 g/mol. The lowest BCUT2D eigenvalue weighted by Crippen LogP contribution is -2.04. The van der Waals surface area contributed by atoms with Crippen molar-refractivity contribution >= 4 is 5.97 Å². The van der Waals surface area contributed by atoms with Gasteiger partial charge < -0.3 is 9.84 Å². The number of epoxide rings is 1. The molecule has 1 fully saturated rings. The van der Waals surface area contributed by atoms with Gasteiger partial charge in [0.15, 0.2) is 6.10 Å². The molecule has 0 aromatic heterocycles. The molecule has 3 nitrogen and oxygen atoms in total. The van der Waals surface area contributed by atoms with Crippen molar-refractivity contribution in [3.05, 3.63) is 35.4 Å². The van der Waals surface area contributed by atoms with Gasteiger partial charge in [-0.3, -0.25) is 0 Å². The zero-order chi connectivity index (χ0) is 9.42. The highest BCUT2D eigenvalue weighted by atomic mass is 16.6. The van der Waals surface area contributed by atoms with Gasteiger partial charge in [0.05, 0.1) is 0 Å². The van der Waals surface area contributed by atoms with Crippen molar-refractivity contribution in [3.63, 3.8) is 0 Å². The molecule has 13 heavy (non-hydrogen) atoms. The number of aryl methyl sites for hydroxylation is 1. The van der Waals surface area contributed by atoms with Crippen LogP contribution >= 0.6 is 0 Å². The minimum absolute atomic E-state index is 0.238. The number of rotatable bonds is 2. The molecule has 3 heteroatoms. The van der Waals surface area contributed by atoms with Crippen LogP contribution < -0.4 is 0 Å². The maximum Gasteiger partial charge on any atom is 0.335 e. The second-order valence-corrected chi connectivity index (χ2v) is 3.23. The molecule has 1 aromatic carbocycles. The van der Waals surface area contributed by atoms with Crippen molar-refractivity contribution in [2.24, 2.45) is 0 Å². The molecule has 1 aliphatic rings. The molecule has 1 aromatic rings. The average molecular weight is 178 g/mol. The van der Waals surface area contributed by atoms with Crippen LogP contribution in [0.25, 0.3) is 0 Å². The van der Waals surface area contributed by atoms with Gasteiger partial charge in [0.25, 0.3) is 0 Å². The molecule has 2 atom stereocenters. The molecule has 0 aliphatic carbocycles. The quantitative estimate of drug-likeness (QED) is 0.698. The second-order valence-electron chi connectivity index (χ2n) is 3.23. The van der Waals surface area contributed by atoms with Gasteiger partial charge >= 0.3 is 5.97 Å². The number of hydrogen-bond acceptors (Lipinski definition) is 2. The number of hydrogen-bond donors (Lipinski definition) is 1. The van der Waals surface area contributed by atoms with E-state index in [-0.39, 0.29) is 6.10 Å². The Labute approximate surface area is 76.0 Å². The maximum absolute atomic E-state index is 10.5. The van der Waals surface area contributed by atoms with Crippen LogP contribution in [0.2, 0.25) is 0 Å². The number of carbonyl (C=O) groups is 1. The molecule has 1 aliphatic heterocycles. The topological polar surface area (TPSA) is 49.8 Å². The summed E-state index contributed by atoms with van der Waals surface area (Å²) in [5, 5.41) is 8.61. The minimum atomic E-state index is -0.884. The third-order valence-corrected chi connectivity index (χ3v) is 2.14. The van der Waals surface area contributed by atoms with Crippen LogP contribution in [0.15, 0.2) is 24.3 Å². The van der Waals surface area contributed by atoms with E-state index in [1.807, 2.05) is 31.2 Å². The van der Waals surface area contributed by atoms with Crippen LogP contribution in [-0.2, 0) is 9.53 Å². The van der Waals surface area contributed by atoms with Crippen molar-refractivity contribution in [1.29, 1.82) is 0 Å². The molecule has 1 N–H and O–H groups in total. The standard InChI is InChI=1S/C10H10O3/c1-6-2-4-7(5-3-6)8-9(13-8)10(11)12/h2-5,8-9H,1H3,(H,11,12)/t8-,9-/m1/s1. The molecule has 2 rings (SSSR count). The number of carboxylic acid groups (broad SMARTS) is 1. The summed E-state index contributed by atoms with van der Waals surface area (Å²) in [5.41, 5.74) is 2.11. The fraction of sp³-hybridized carbons (Fsp3) is 0.300. The Balaban J connectivity index is 2.12. The Morgan fingerprint density at radius 2 is 2.00 bits per heavy atom. The summed E-state index contributed by atoms with van der Waals surface area (Å²) in [6, 6.07) is 7.72.